The monoisotopic (exact) mass is 418 g/mol. The fourth-order valence-corrected chi connectivity index (χ4v) is 3.86. The number of benzene rings is 2. The molecule has 0 aliphatic rings. The molecule has 0 saturated heterocycles. The molecule has 4 aromatic rings. The molecule has 2 aromatic heterocycles. The second-order valence-electron chi connectivity index (χ2n) is 7.34. The van der Waals surface area contributed by atoms with Gasteiger partial charge >= 0.3 is 0 Å². The molecule has 2 aromatic carbocycles. The van der Waals surface area contributed by atoms with Crippen molar-refractivity contribution in [3.05, 3.63) is 71.0 Å². The van der Waals surface area contributed by atoms with E-state index in [0.717, 1.165) is 27.5 Å². The summed E-state index contributed by atoms with van der Waals surface area (Å²) in [7, 11) is 0. The summed E-state index contributed by atoms with van der Waals surface area (Å²) in [5.74, 6) is 0.293. The first-order valence-electron chi connectivity index (χ1n) is 10.5. The molecule has 31 heavy (non-hydrogen) atoms. The molecule has 0 fully saturated rings. The molecule has 2 heterocycles. The molecule has 0 bridgehead atoms. The number of pyridine rings is 2. The van der Waals surface area contributed by atoms with Gasteiger partial charge in [0, 0.05) is 53.9 Å². The van der Waals surface area contributed by atoms with Crippen molar-refractivity contribution in [1.82, 2.24) is 9.97 Å². The van der Waals surface area contributed by atoms with Crippen LogP contribution in [-0.4, -0.2) is 33.4 Å². The lowest BCUT2D eigenvalue weighted by atomic mass is 9.94. The van der Waals surface area contributed by atoms with Crippen molar-refractivity contribution in [1.29, 1.82) is 0 Å². The van der Waals surface area contributed by atoms with Crippen LogP contribution in [0.2, 0.25) is 0 Å². The first kappa shape index (κ1) is 21.0. The Bertz CT molecular complexity index is 1220. The summed E-state index contributed by atoms with van der Waals surface area (Å²) < 4.78 is 11.2. The van der Waals surface area contributed by atoms with E-state index < -0.39 is 0 Å². The van der Waals surface area contributed by atoms with Crippen molar-refractivity contribution >= 4 is 21.8 Å². The molecular formula is C25H26N2O4. The topological polar surface area (TPSA) is 84.7 Å². The largest absolute Gasteiger partial charge is 0.505 e. The summed E-state index contributed by atoms with van der Waals surface area (Å²) in [6.07, 6.45) is 3.79. The molecular weight excluding hydrogens is 392 g/mol. The molecule has 0 spiro atoms. The van der Waals surface area contributed by atoms with Crippen LogP contribution in [0.3, 0.4) is 0 Å². The van der Waals surface area contributed by atoms with Crippen molar-refractivity contribution < 1.29 is 19.7 Å². The summed E-state index contributed by atoms with van der Waals surface area (Å²) >= 11 is 0. The highest BCUT2D eigenvalue weighted by Crippen LogP contribution is 2.36. The van der Waals surface area contributed by atoms with E-state index in [4.69, 9.17) is 9.47 Å². The van der Waals surface area contributed by atoms with Crippen LogP contribution in [0.5, 0.6) is 11.5 Å². The number of rotatable bonds is 8. The van der Waals surface area contributed by atoms with Crippen LogP contribution in [0, 0.1) is 0 Å². The van der Waals surface area contributed by atoms with E-state index in [-0.39, 0.29) is 11.5 Å². The second kappa shape index (κ2) is 9.29. The molecule has 0 aliphatic heterocycles. The summed E-state index contributed by atoms with van der Waals surface area (Å²) in [5, 5.41) is 23.4. The summed E-state index contributed by atoms with van der Waals surface area (Å²) in [4.78, 5) is 8.79. The van der Waals surface area contributed by atoms with E-state index in [9.17, 15) is 10.2 Å². The van der Waals surface area contributed by atoms with Gasteiger partial charge in [-0.15, -0.1) is 0 Å². The van der Waals surface area contributed by atoms with Gasteiger partial charge in [0.25, 0.3) is 0 Å². The number of phenols is 2. The minimum absolute atomic E-state index is 0.134. The normalized spacial score (nSPS) is 11.4. The van der Waals surface area contributed by atoms with Crippen LogP contribution in [0.1, 0.15) is 36.1 Å². The first-order chi connectivity index (χ1) is 15.1. The zero-order valence-electron chi connectivity index (χ0n) is 17.8. The maximum Gasteiger partial charge on any atom is 0.147 e. The third-order valence-corrected chi connectivity index (χ3v) is 5.37. The summed E-state index contributed by atoms with van der Waals surface area (Å²) in [6.45, 7) is 5.76. The predicted octanol–water partition coefficient (Wildman–Crippen LogP) is 4.86. The summed E-state index contributed by atoms with van der Waals surface area (Å²) in [5.41, 5.74) is 4.44. The van der Waals surface area contributed by atoms with Crippen molar-refractivity contribution in [3.8, 4) is 11.5 Å². The zero-order valence-corrected chi connectivity index (χ0v) is 17.8. The van der Waals surface area contributed by atoms with Crippen molar-refractivity contribution in [2.75, 3.05) is 13.2 Å². The minimum Gasteiger partial charge on any atom is -0.505 e. The fourth-order valence-electron chi connectivity index (χ4n) is 3.86. The molecule has 0 amide bonds. The molecule has 0 unspecified atom stereocenters. The molecule has 0 radical (unpaired) electrons. The molecule has 160 valence electrons. The van der Waals surface area contributed by atoms with Crippen LogP contribution in [0.4, 0.5) is 0 Å². The average Bonchev–Trinajstić information content (AvgIpc) is 2.81. The highest BCUT2D eigenvalue weighted by atomic mass is 16.5. The van der Waals surface area contributed by atoms with Crippen molar-refractivity contribution in [2.45, 2.75) is 33.5 Å². The number of hydrogen-bond donors (Lipinski definition) is 2. The quantitative estimate of drug-likeness (QED) is 0.425. The lowest BCUT2D eigenvalue weighted by molar-refractivity contribution is 0.132. The van der Waals surface area contributed by atoms with E-state index in [1.54, 1.807) is 12.4 Å². The number of fused-ring (bicyclic) bond motifs is 2. The number of nitrogens with zero attached hydrogens (tertiary/aromatic N) is 2. The molecule has 0 aliphatic carbocycles. The third-order valence-electron chi connectivity index (χ3n) is 5.37. The van der Waals surface area contributed by atoms with Gasteiger partial charge < -0.3 is 19.7 Å². The lowest BCUT2D eigenvalue weighted by Crippen LogP contribution is -2.01. The number of ether oxygens (including phenoxy) is 2. The zero-order chi connectivity index (χ0) is 21.8. The Morgan fingerprint density at radius 3 is 1.84 bits per heavy atom. The number of aromatic hydroxyl groups is 2. The van der Waals surface area contributed by atoms with E-state index in [1.165, 1.54) is 0 Å². The standard InChI is InChI=1S/C25H26N2O4/c1-3-30-14-18-13-17(24(28)23-21(18)8-6-10-27-23)11-16-12-19(15-31-4-2)25(29)22-20(16)7-5-9-26-22/h5-10,12-13,28-29H,3-4,11,14-15H2,1-2H3. The second-order valence-corrected chi connectivity index (χ2v) is 7.34. The van der Waals surface area contributed by atoms with Crippen LogP contribution < -0.4 is 0 Å². The van der Waals surface area contributed by atoms with Crippen molar-refractivity contribution in [3.63, 3.8) is 0 Å². The van der Waals surface area contributed by atoms with Gasteiger partial charge in [0.05, 0.1) is 13.2 Å². The Kier molecular flexibility index (Phi) is 6.30. The van der Waals surface area contributed by atoms with E-state index in [1.807, 2.05) is 50.2 Å². The maximum atomic E-state index is 11.0. The Balaban J connectivity index is 1.85. The highest BCUT2D eigenvalue weighted by molar-refractivity contribution is 5.91. The smallest absolute Gasteiger partial charge is 0.147 e. The minimum atomic E-state index is 0.134. The number of phenolic OH excluding ortho intramolecular Hbond substituents is 2. The predicted molar refractivity (Wildman–Crippen MR) is 120 cm³/mol. The Morgan fingerprint density at radius 2 is 1.23 bits per heavy atom. The highest BCUT2D eigenvalue weighted by Gasteiger charge is 2.17. The average molecular weight is 418 g/mol. The molecule has 4 rings (SSSR count). The lowest BCUT2D eigenvalue weighted by Gasteiger charge is -2.15. The Hall–Kier alpha value is -3.22. The van der Waals surface area contributed by atoms with Crippen LogP contribution in [0.25, 0.3) is 21.8 Å². The Labute approximate surface area is 181 Å². The van der Waals surface area contributed by atoms with Gasteiger partial charge in [-0.25, -0.2) is 0 Å². The summed E-state index contributed by atoms with van der Waals surface area (Å²) in [6, 6.07) is 11.5. The molecule has 6 heteroatoms. The van der Waals surface area contributed by atoms with Crippen molar-refractivity contribution in [2.24, 2.45) is 0 Å². The molecule has 0 atom stereocenters. The fraction of sp³-hybridized carbons (Fsp3) is 0.280. The molecule has 6 nitrogen and oxygen atoms in total. The van der Waals surface area contributed by atoms with Gasteiger partial charge in [0.15, 0.2) is 0 Å². The number of hydrogen-bond acceptors (Lipinski definition) is 6. The third kappa shape index (κ3) is 4.17. The van der Waals surface area contributed by atoms with Gasteiger partial charge in [-0.1, -0.05) is 12.1 Å². The number of aromatic nitrogens is 2. The molecule has 0 saturated carbocycles. The molecule has 2 N–H and O–H groups in total. The Morgan fingerprint density at radius 1 is 0.710 bits per heavy atom. The van der Waals surface area contributed by atoms with Gasteiger partial charge in [0.2, 0.25) is 0 Å². The van der Waals surface area contributed by atoms with Gasteiger partial charge in [-0.2, -0.15) is 0 Å². The van der Waals surface area contributed by atoms with Crippen LogP contribution in [-0.2, 0) is 29.1 Å². The van der Waals surface area contributed by atoms with E-state index in [0.29, 0.717) is 49.4 Å². The van der Waals surface area contributed by atoms with Gasteiger partial charge in [-0.05, 0) is 49.2 Å². The van der Waals surface area contributed by atoms with Gasteiger partial charge in [-0.3, -0.25) is 9.97 Å². The first-order valence-corrected chi connectivity index (χ1v) is 10.5. The van der Waals surface area contributed by atoms with Crippen LogP contribution in [0.15, 0.2) is 48.8 Å². The SMILES string of the molecule is CCOCc1cc(Cc2cc(COCC)c3cccnc3c2O)c2cccnc2c1O. The van der Waals surface area contributed by atoms with E-state index in [2.05, 4.69) is 9.97 Å². The maximum absolute atomic E-state index is 11.0. The van der Waals surface area contributed by atoms with Gasteiger partial charge in [0.1, 0.15) is 22.5 Å². The van der Waals surface area contributed by atoms with E-state index >= 15 is 0 Å². The van der Waals surface area contributed by atoms with Crippen LogP contribution >= 0.6 is 0 Å².